The molecule has 14 heavy (non-hydrogen) atoms. The van der Waals surface area contributed by atoms with Gasteiger partial charge in [-0.05, 0) is 6.07 Å². The van der Waals surface area contributed by atoms with Crippen molar-refractivity contribution in [2.24, 2.45) is 0 Å². The average molecular weight is 381 g/mol. The van der Waals surface area contributed by atoms with Crippen LogP contribution in [0.3, 0.4) is 0 Å². The topological polar surface area (TPSA) is 65.3 Å². The van der Waals surface area contributed by atoms with Crippen molar-refractivity contribution in [3.05, 3.63) is 42.0 Å². The number of benzene rings is 1. The van der Waals surface area contributed by atoms with Crippen LogP contribution in [0.4, 0.5) is 0 Å². The Bertz CT molecular complexity index is 455. The van der Waals surface area contributed by atoms with Gasteiger partial charge in [-0.3, -0.25) is 0 Å². The molecule has 0 fully saturated rings. The summed E-state index contributed by atoms with van der Waals surface area (Å²) in [5.74, 6) is -0.675. The predicted molar refractivity (Wildman–Crippen MR) is 47.7 cm³/mol. The molecule has 6 heteroatoms. The normalized spacial score (nSPS) is 15.9. The van der Waals surface area contributed by atoms with Crippen LogP contribution in [0.15, 0.2) is 29.2 Å². The van der Waals surface area contributed by atoms with Crippen molar-refractivity contribution in [3.63, 3.8) is 0 Å². The summed E-state index contributed by atoms with van der Waals surface area (Å²) >= 11 is 0. The zero-order chi connectivity index (χ0) is 8.77. The van der Waals surface area contributed by atoms with Gasteiger partial charge in [-0.25, -0.2) is 8.42 Å². The van der Waals surface area contributed by atoms with Gasteiger partial charge in [-0.2, -0.15) is 0 Å². The third-order valence-corrected chi connectivity index (χ3v) is 2.92. The molecular formula is C8H7NO3SW. The summed E-state index contributed by atoms with van der Waals surface area (Å²) in [4.78, 5) is 10.9. The molecule has 1 heterocycles. The molecule has 0 aliphatic carbocycles. The van der Waals surface area contributed by atoms with E-state index in [-0.39, 0.29) is 39.0 Å². The quantitative estimate of drug-likeness (QED) is 0.638. The zero-order valence-corrected chi connectivity index (χ0v) is 11.0. The van der Waals surface area contributed by atoms with Gasteiger partial charge in [-0.1, -0.05) is 18.2 Å². The van der Waals surface area contributed by atoms with Crippen molar-refractivity contribution in [1.29, 1.82) is 0 Å². The molecule has 0 atom stereocenters. The van der Waals surface area contributed by atoms with E-state index in [9.17, 15) is 13.2 Å². The van der Waals surface area contributed by atoms with E-state index < -0.39 is 15.9 Å². The first-order valence-electron chi connectivity index (χ1n) is 3.23. The first-order valence-corrected chi connectivity index (χ1v) is 4.67. The molecule has 0 spiro atoms. The molecule has 1 aromatic rings. The Labute approximate surface area is 97.0 Å². The van der Waals surface area contributed by atoms with Crippen LogP contribution >= 0.6 is 0 Å². The van der Waals surface area contributed by atoms with Crippen LogP contribution in [0.5, 0.6) is 0 Å². The van der Waals surface area contributed by atoms with Crippen LogP contribution in [-0.4, -0.2) is 14.3 Å². The van der Waals surface area contributed by atoms with E-state index in [1.54, 1.807) is 12.1 Å². The zero-order valence-electron chi connectivity index (χ0n) is 7.30. The Hall–Kier alpha value is -0.672. The van der Waals surface area contributed by atoms with Gasteiger partial charge in [0.2, 0.25) is 0 Å². The third-order valence-electron chi connectivity index (χ3n) is 1.60. The first kappa shape index (κ1) is 13.3. The smallest absolute Gasteiger partial charge is 0.537 e. The molecule has 0 aromatic heterocycles. The second-order valence-corrected chi connectivity index (χ2v) is 3.94. The maximum Gasteiger partial charge on any atom is 2.00 e. The first-order chi connectivity index (χ1) is 5.61. The minimum atomic E-state index is -3.68. The Morgan fingerprint density at radius 2 is 1.71 bits per heavy atom. The fourth-order valence-electron chi connectivity index (χ4n) is 1.08. The summed E-state index contributed by atoms with van der Waals surface area (Å²) in [5, 5.41) is 0. The summed E-state index contributed by atoms with van der Waals surface area (Å²) in [7, 11) is -3.68. The fraction of sp³-hybridized carbons (Fsp3) is 0. The maximum absolute atomic E-state index is 11.1. The number of amides is 1. The molecule has 2 rings (SSSR count). The summed E-state index contributed by atoms with van der Waals surface area (Å²) in [5.41, 5.74) is 0.164. The van der Waals surface area contributed by atoms with E-state index in [1.165, 1.54) is 12.1 Å². The van der Waals surface area contributed by atoms with Crippen molar-refractivity contribution in [1.82, 2.24) is 0 Å². The van der Waals surface area contributed by atoms with Crippen LogP contribution in [-0.2, 0) is 31.1 Å². The molecule has 4 nitrogen and oxygen atoms in total. The molecule has 1 aromatic carbocycles. The minimum Gasteiger partial charge on any atom is -0.537 e. The minimum absolute atomic E-state index is 0. The van der Waals surface area contributed by atoms with Crippen molar-refractivity contribution in [2.45, 2.75) is 4.90 Å². The maximum atomic E-state index is 11.1. The number of nitrogens with zero attached hydrogens (tertiary/aromatic N) is 1. The van der Waals surface area contributed by atoms with Gasteiger partial charge in [0.05, 0.1) is 10.8 Å². The van der Waals surface area contributed by atoms with Crippen LogP contribution < -0.4 is 0 Å². The number of hydrogen-bond acceptors (Lipinski definition) is 3. The van der Waals surface area contributed by atoms with Gasteiger partial charge in [0, 0.05) is 5.56 Å². The van der Waals surface area contributed by atoms with Crippen molar-refractivity contribution < 1.29 is 34.3 Å². The number of sulfonamides is 1. The van der Waals surface area contributed by atoms with Crippen molar-refractivity contribution in [3.8, 4) is 0 Å². The molecule has 0 N–H and O–H groups in total. The van der Waals surface area contributed by atoms with Crippen LogP contribution in [0.25, 0.3) is 4.72 Å². The van der Waals surface area contributed by atoms with E-state index in [0.717, 1.165) is 0 Å². The predicted octanol–water partition coefficient (Wildman–Crippen LogP) is 1.35. The molecule has 0 saturated heterocycles. The van der Waals surface area contributed by atoms with E-state index in [2.05, 4.69) is 4.72 Å². The van der Waals surface area contributed by atoms with Gasteiger partial charge in [0.25, 0.3) is 0 Å². The molecule has 1 amide bonds. The van der Waals surface area contributed by atoms with Gasteiger partial charge in [0.1, 0.15) is 10.0 Å². The number of carbonyl (C=O) groups is 1. The summed E-state index contributed by atoms with van der Waals surface area (Å²) in [6.45, 7) is 0. The monoisotopic (exact) mass is 381 g/mol. The van der Waals surface area contributed by atoms with Crippen molar-refractivity contribution in [2.75, 3.05) is 0 Å². The molecule has 0 saturated carbocycles. The number of rotatable bonds is 0. The Morgan fingerprint density at radius 1 is 1.14 bits per heavy atom. The molecule has 74 valence electrons. The second-order valence-electron chi connectivity index (χ2n) is 2.37. The molecule has 0 unspecified atom stereocenters. The summed E-state index contributed by atoms with van der Waals surface area (Å²) < 4.78 is 25.2. The average Bonchev–Trinajstić information content (AvgIpc) is 2.25. The Kier molecular flexibility index (Phi) is 4.03. The second kappa shape index (κ2) is 4.23. The third kappa shape index (κ3) is 1.88. The van der Waals surface area contributed by atoms with Crippen LogP contribution in [0.1, 0.15) is 10.4 Å². The standard InChI is InChI=1S/C7H5NO3S.CH3.W/c9-7-5-3-1-2-4-6(5)12(10,11)8-7;;/h1-4H,(H,8,9);1H3;/q;-1;+2/p-1. The molecule has 0 bridgehead atoms. The molecule has 1 aliphatic heterocycles. The van der Waals surface area contributed by atoms with E-state index in [0.29, 0.717) is 0 Å². The fourth-order valence-corrected chi connectivity index (χ4v) is 2.17. The van der Waals surface area contributed by atoms with Crippen molar-refractivity contribution >= 4 is 15.9 Å². The van der Waals surface area contributed by atoms with Gasteiger partial charge >= 0.3 is 21.1 Å². The van der Waals surface area contributed by atoms with E-state index in [4.69, 9.17) is 0 Å². The van der Waals surface area contributed by atoms with Gasteiger partial charge in [-0.15, -0.1) is 0 Å². The SMILES string of the molecule is O=C1[N-]S(=O)(=O)c2ccccc21.[CH3-].[W+2]. The van der Waals surface area contributed by atoms with Crippen LogP contribution in [0.2, 0.25) is 0 Å². The number of hydrogen-bond donors (Lipinski definition) is 0. The largest absolute Gasteiger partial charge is 2.00 e. The Morgan fingerprint density at radius 3 is 2.29 bits per heavy atom. The summed E-state index contributed by atoms with van der Waals surface area (Å²) in [6, 6.07) is 5.99. The number of fused-ring (bicyclic) bond motifs is 1. The van der Waals surface area contributed by atoms with E-state index in [1.807, 2.05) is 0 Å². The molecular weight excluding hydrogens is 374 g/mol. The molecule has 0 radical (unpaired) electrons. The molecule has 1 aliphatic rings. The summed E-state index contributed by atoms with van der Waals surface area (Å²) in [6.07, 6.45) is 0. The van der Waals surface area contributed by atoms with Gasteiger partial charge in [0.15, 0.2) is 0 Å². The van der Waals surface area contributed by atoms with Crippen LogP contribution in [0, 0.1) is 7.43 Å². The van der Waals surface area contributed by atoms with E-state index >= 15 is 0 Å². The van der Waals surface area contributed by atoms with Gasteiger partial charge < -0.3 is 16.9 Å². The Balaban J connectivity index is 0.000000845. The number of carbonyl (C=O) groups excluding carboxylic acids is 1.